The largest absolute Gasteiger partial charge is 0.378 e. The van der Waals surface area contributed by atoms with Gasteiger partial charge in [0.05, 0.1) is 11.7 Å². The zero-order valence-corrected chi connectivity index (χ0v) is 14.5. The molecule has 0 aromatic heterocycles. The standard InChI is InChI=1S/C18H35NO2/c1-5-19-16(9-8-15-7-6-14-21-15)18(20-4)12-10-17(2,3)11-13-18/h15-16,19H,5-14H2,1-4H3. The second-order valence-electron chi connectivity index (χ2n) is 7.76. The highest BCUT2D eigenvalue weighted by Gasteiger charge is 2.43. The molecule has 2 atom stereocenters. The van der Waals surface area contributed by atoms with Crippen LogP contribution in [0.2, 0.25) is 0 Å². The van der Waals surface area contributed by atoms with E-state index in [4.69, 9.17) is 9.47 Å². The molecule has 2 rings (SSSR count). The van der Waals surface area contributed by atoms with E-state index in [1.54, 1.807) is 0 Å². The summed E-state index contributed by atoms with van der Waals surface area (Å²) in [5.74, 6) is 0. The van der Waals surface area contributed by atoms with E-state index in [9.17, 15) is 0 Å². The van der Waals surface area contributed by atoms with Crippen LogP contribution < -0.4 is 5.32 Å². The Morgan fingerprint density at radius 1 is 1.24 bits per heavy atom. The fourth-order valence-corrected chi connectivity index (χ4v) is 4.07. The Kier molecular flexibility index (Phi) is 6.10. The van der Waals surface area contributed by atoms with E-state index in [0.717, 1.165) is 13.2 Å². The lowest BCUT2D eigenvalue weighted by atomic mass is 9.67. The van der Waals surface area contributed by atoms with Gasteiger partial charge in [-0.2, -0.15) is 0 Å². The van der Waals surface area contributed by atoms with E-state index in [0.29, 0.717) is 17.6 Å². The number of hydrogen-bond donors (Lipinski definition) is 1. The van der Waals surface area contributed by atoms with Gasteiger partial charge in [0.2, 0.25) is 0 Å². The number of methoxy groups -OCH3 is 1. The van der Waals surface area contributed by atoms with Crippen LogP contribution in [0.25, 0.3) is 0 Å². The molecule has 1 aliphatic carbocycles. The minimum Gasteiger partial charge on any atom is -0.378 e. The first kappa shape index (κ1) is 17.2. The summed E-state index contributed by atoms with van der Waals surface area (Å²) in [6.45, 7) is 8.96. The van der Waals surface area contributed by atoms with Gasteiger partial charge in [-0.1, -0.05) is 20.8 Å². The Morgan fingerprint density at radius 2 is 1.95 bits per heavy atom. The number of likely N-dealkylation sites (N-methyl/N-ethyl adjacent to an activating group) is 1. The number of nitrogens with one attached hydrogen (secondary N) is 1. The Bertz CT molecular complexity index is 300. The van der Waals surface area contributed by atoms with Gasteiger partial charge in [-0.3, -0.25) is 0 Å². The molecule has 1 saturated heterocycles. The molecule has 1 N–H and O–H groups in total. The van der Waals surface area contributed by atoms with E-state index >= 15 is 0 Å². The first-order valence-corrected chi connectivity index (χ1v) is 8.91. The first-order valence-electron chi connectivity index (χ1n) is 8.91. The van der Waals surface area contributed by atoms with Crippen molar-refractivity contribution in [3.05, 3.63) is 0 Å². The third-order valence-corrected chi connectivity index (χ3v) is 5.74. The van der Waals surface area contributed by atoms with Crippen LogP contribution in [0.4, 0.5) is 0 Å². The van der Waals surface area contributed by atoms with Gasteiger partial charge in [-0.25, -0.2) is 0 Å². The Labute approximate surface area is 131 Å². The quantitative estimate of drug-likeness (QED) is 0.773. The molecule has 1 saturated carbocycles. The molecule has 0 bridgehead atoms. The van der Waals surface area contributed by atoms with Crippen molar-refractivity contribution in [1.29, 1.82) is 0 Å². The van der Waals surface area contributed by atoms with E-state index in [-0.39, 0.29) is 5.60 Å². The van der Waals surface area contributed by atoms with E-state index in [1.165, 1.54) is 51.4 Å². The zero-order chi connectivity index (χ0) is 15.3. The topological polar surface area (TPSA) is 30.5 Å². The lowest BCUT2D eigenvalue weighted by Gasteiger charge is -2.47. The summed E-state index contributed by atoms with van der Waals surface area (Å²) in [6.07, 6.45) is 10.2. The second-order valence-corrected chi connectivity index (χ2v) is 7.76. The van der Waals surface area contributed by atoms with Crippen LogP contribution in [0, 0.1) is 5.41 Å². The molecule has 3 heteroatoms. The monoisotopic (exact) mass is 297 g/mol. The molecule has 0 amide bonds. The van der Waals surface area contributed by atoms with Gasteiger partial charge in [0.25, 0.3) is 0 Å². The number of rotatable bonds is 7. The van der Waals surface area contributed by atoms with E-state index < -0.39 is 0 Å². The molecule has 0 aromatic carbocycles. The number of ether oxygens (including phenoxy) is 2. The zero-order valence-electron chi connectivity index (χ0n) is 14.5. The van der Waals surface area contributed by atoms with Crippen LogP contribution >= 0.6 is 0 Å². The molecule has 3 nitrogen and oxygen atoms in total. The van der Waals surface area contributed by atoms with Crippen LogP contribution in [-0.4, -0.2) is 38.0 Å². The van der Waals surface area contributed by atoms with Crippen molar-refractivity contribution in [3.8, 4) is 0 Å². The summed E-state index contributed by atoms with van der Waals surface area (Å²) >= 11 is 0. The smallest absolute Gasteiger partial charge is 0.0831 e. The lowest BCUT2D eigenvalue weighted by molar-refractivity contribution is -0.0895. The SMILES string of the molecule is CCNC(CCC1CCCO1)C1(OC)CCC(C)(C)CC1. The summed E-state index contributed by atoms with van der Waals surface area (Å²) < 4.78 is 11.9. The first-order chi connectivity index (χ1) is 10.0. The van der Waals surface area contributed by atoms with Crippen molar-refractivity contribution in [2.45, 2.75) is 89.9 Å². The van der Waals surface area contributed by atoms with Crippen LogP contribution in [0.1, 0.15) is 72.1 Å². The molecule has 124 valence electrons. The summed E-state index contributed by atoms with van der Waals surface area (Å²) in [5, 5.41) is 3.71. The van der Waals surface area contributed by atoms with Crippen molar-refractivity contribution < 1.29 is 9.47 Å². The second kappa shape index (κ2) is 7.43. The third-order valence-electron chi connectivity index (χ3n) is 5.74. The third kappa shape index (κ3) is 4.43. The highest BCUT2D eigenvalue weighted by Crippen LogP contribution is 2.44. The van der Waals surface area contributed by atoms with Gasteiger partial charge in [-0.05, 0) is 63.3 Å². The van der Waals surface area contributed by atoms with Crippen LogP contribution in [0.5, 0.6) is 0 Å². The molecule has 2 unspecified atom stereocenters. The van der Waals surface area contributed by atoms with Crippen LogP contribution in [0.15, 0.2) is 0 Å². The number of hydrogen-bond acceptors (Lipinski definition) is 3. The summed E-state index contributed by atoms with van der Waals surface area (Å²) in [6, 6.07) is 0.466. The predicted molar refractivity (Wildman–Crippen MR) is 87.7 cm³/mol. The van der Waals surface area contributed by atoms with Gasteiger partial charge in [0, 0.05) is 19.8 Å². The Hall–Kier alpha value is -0.120. The summed E-state index contributed by atoms with van der Waals surface area (Å²) in [4.78, 5) is 0. The minimum atomic E-state index is 0.0319. The van der Waals surface area contributed by atoms with Crippen molar-refractivity contribution in [3.63, 3.8) is 0 Å². The van der Waals surface area contributed by atoms with Gasteiger partial charge >= 0.3 is 0 Å². The normalized spacial score (nSPS) is 29.4. The fraction of sp³-hybridized carbons (Fsp3) is 1.00. The lowest BCUT2D eigenvalue weighted by Crippen LogP contribution is -2.55. The van der Waals surface area contributed by atoms with Gasteiger partial charge in [0.1, 0.15) is 0 Å². The van der Waals surface area contributed by atoms with Crippen LogP contribution in [0.3, 0.4) is 0 Å². The van der Waals surface area contributed by atoms with Crippen molar-refractivity contribution in [1.82, 2.24) is 5.32 Å². The summed E-state index contributed by atoms with van der Waals surface area (Å²) in [7, 11) is 1.91. The maximum Gasteiger partial charge on any atom is 0.0831 e. The van der Waals surface area contributed by atoms with E-state index in [2.05, 4.69) is 26.1 Å². The molecular formula is C18H35NO2. The molecule has 0 aromatic rings. The molecule has 1 heterocycles. The minimum absolute atomic E-state index is 0.0319. The highest BCUT2D eigenvalue weighted by molar-refractivity contribution is 4.98. The molecule has 0 spiro atoms. The molecule has 1 aliphatic heterocycles. The highest BCUT2D eigenvalue weighted by atomic mass is 16.5. The molecule has 2 fully saturated rings. The Morgan fingerprint density at radius 3 is 2.48 bits per heavy atom. The van der Waals surface area contributed by atoms with Crippen molar-refractivity contribution in [2.75, 3.05) is 20.3 Å². The Balaban J connectivity index is 1.96. The van der Waals surface area contributed by atoms with Gasteiger partial charge < -0.3 is 14.8 Å². The summed E-state index contributed by atoms with van der Waals surface area (Å²) in [5.41, 5.74) is 0.511. The van der Waals surface area contributed by atoms with Crippen molar-refractivity contribution in [2.24, 2.45) is 5.41 Å². The maximum atomic E-state index is 6.10. The van der Waals surface area contributed by atoms with Gasteiger partial charge in [0.15, 0.2) is 0 Å². The molecule has 21 heavy (non-hydrogen) atoms. The average molecular weight is 297 g/mol. The predicted octanol–water partition coefficient (Wildman–Crippen LogP) is 3.91. The molecule has 2 aliphatic rings. The van der Waals surface area contributed by atoms with Crippen molar-refractivity contribution >= 4 is 0 Å². The fourth-order valence-electron chi connectivity index (χ4n) is 4.07. The molecule has 0 radical (unpaired) electrons. The molecular weight excluding hydrogens is 262 g/mol. The van der Waals surface area contributed by atoms with E-state index in [1.807, 2.05) is 7.11 Å². The van der Waals surface area contributed by atoms with Gasteiger partial charge in [-0.15, -0.1) is 0 Å². The van der Waals surface area contributed by atoms with Crippen LogP contribution in [-0.2, 0) is 9.47 Å². The maximum absolute atomic E-state index is 6.10. The average Bonchev–Trinajstić information content (AvgIpc) is 2.98.